The van der Waals surface area contributed by atoms with E-state index < -0.39 is 0 Å². The van der Waals surface area contributed by atoms with Crippen LogP contribution in [0.25, 0.3) is 0 Å². The quantitative estimate of drug-likeness (QED) is 0.738. The van der Waals surface area contributed by atoms with Gasteiger partial charge in [0.2, 0.25) is 0 Å². The fourth-order valence-corrected chi connectivity index (χ4v) is 2.42. The van der Waals surface area contributed by atoms with Crippen LogP contribution in [0.15, 0.2) is 33.0 Å². The Hall–Kier alpha value is -1.40. The first-order valence-electron chi connectivity index (χ1n) is 5.33. The lowest BCUT2D eigenvalue weighted by Crippen LogP contribution is -2.30. The SMILES string of the molecule is c1csc(C2=N[N+](=C3CCNCC3)N=N2)c1. The van der Waals surface area contributed by atoms with Gasteiger partial charge in [0.25, 0.3) is 0 Å². The predicted molar refractivity (Wildman–Crippen MR) is 63.1 cm³/mol. The molecule has 0 aliphatic carbocycles. The van der Waals surface area contributed by atoms with Gasteiger partial charge in [0, 0.05) is 25.9 Å². The summed E-state index contributed by atoms with van der Waals surface area (Å²) < 4.78 is 0. The van der Waals surface area contributed by atoms with Gasteiger partial charge in [0.05, 0.1) is 0 Å². The standard InChI is InChI=1S/C10H12N5S/c1-2-9(16-7-1)10-12-14-15(13-10)8-3-5-11-6-4-8/h1-2,7,11H,3-6H2/q+1. The van der Waals surface area contributed by atoms with Crippen molar-refractivity contribution in [2.75, 3.05) is 13.1 Å². The van der Waals surface area contributed by atoms with E-state index in [0.29, 0.717) is 0 Å². The molecule has 16 heavy (non-hydrogen) atoms. The minimum absolute atomic E-state index is 0.723. The number of thiophene rings is 1. The van der Waals surface area contributed by atoms with Crippen LogP contribution in [-0.2, 0) is 0 Å². The van der Waals surface area contributed by atoms with Gasteiger partial charge in [0.1, 0.15) is 15.7 Å². The lowest BCUT2D eigenvalue weighted by atomic mass is 10.1. The first kappa shape index (κ1) is 9.80. The second kappa shape index (κ2) is 4.23. The summed E-state index contributed by atoms with van der Waals surface area (Å²) in [6, 6.07) is 4.01. The van der Waals surface area contributed by atoms with Crippen LogP contribution in [0.2, 0.25) is 0 Å². The number of piperidine rings is 1. The summed E-state index contributed by atoms with van der Waals surface area (Å²) in [5, 5.41) is 17.9. The average molecular weight is 234 g/mol. The Bertz CT molecular complexity index is 463. The van der Waals surface area contributed by atoms with Crippen molar-refractivity contribution < 1.29 is 4.79 Å². The maximum absolute atomic E-state index is 4.42. The van der Waals surface area contributed by atoms with Crippen molar-refractivity contribution in [2.45, 2.75) is 12.8 Å². The zero-order valence-corrected chi connectivity index (χ0v) is 9.57. The second-order valence-corrected chi connectivity index (χ2v) is 4.64. The monoisotopic (exact) mass is 234 g/mol. The molecular weight excluding hydrogens is 222 g/mol. The Morgan fingerprint density at radius 3 is 2.94 bits per heavy atom. The average Bonchev–Trinajstić information content (AvgIpc) is 3.01. The smallest absolute Gasteiger partial charge is 0.316 e. The summed E-state index contributed by atoms with van der Waals surface area (Å²) in [5.74, 6) is 0.723. The molecule has 2 aliphatic rings. The molecule has 0 saturated carbocycles. The molecule has 0 aromatic carbocycles. The van der Waals surface area contributed by atoms with Crippen molar-refractivity contribution in [2.24, 2.45) is 15.4 Å². The summed E-state index contributed by atoms with van der Waals surface area (Å²) >= 11 is 1.64. The van der Waals surface area contributed by atoms with Crippen LogP contribution in [0.4, 0.5) is 0 Å². The number of amidine groups is 1. The van der Waals surface area contributed by atoms with E-state index in [0.717, 1.165) is 36.6 Å². The number of nitrogens with one attached hydrogen (secondary N) is 1. The molecule has 3 rings (SSSR count). The Morgan fingerprint density at radius 1 is 1.31 bits per heavy atom. The van der Waals surface area contributed by atoms with Gasteiger partial charge in [-0.3, -0.25) is 0 Å². The Morgan fingerprint density at radius 2 is 2.19 bits per heavy atom. The Balaban J connectivity index is 1.89. The molecule has 3 heterocycles. The summed E-state index contributed by atoms with van der Waals surface area (Å²) in [5.41, 5.74) is 1.24. The van der Waals surface area contributed by atoms with Gasteiger partial charge < -0.3 is 5.32 Å². The van der Waals surface area contributed by atoms with Crippen LogP contribution in [0.1, 0.15) is 17.7 Å². The van der Waals surface area contributed by atoms with E-state index >= 15 is 0 Å². The summed E-state index contributed by atoms with van der Waals surface area (Å²) in [7, 11) is 0. The van der Waals surface area contributed by atoms with Gasteiger partial charge in [-0.2, -0.15) is 0 Å². The third-order valence-electron chi connectivity index (χ3n) is 2.62. The summed E-state index contributed by atoms with van der Waals surface area (Å²) in [4.78, 5) is 2.76. The van der Waals surface area contributed by atoms with Crippen molar-refractivity contribution in [1.82, 2.24) is 5.32 Å². The third-order valence-corrected chi connectivity index (χ3v) is 3.48. The molecule has 6 heteroatoms. The third kappa shape index (κ3) is 1.81. The van der Waals surface area contributed by atoms with E-state index in [1.54, 1.807) is 16.1 Å². The minimum Gasteiger partial charge on any atom is -0.316 e. The highest BCUT2D eigenvalue weighted by atomic mass is 32.1. The highest BCUT2D eigenvalue weighted by Crippen LogP contribution is 2.15. The van der Waals surface area contributed by atoms with Crippen LogP contribution >= 0.6 is 11.3 Å². The van der Waals surface area contributed by atoms with Gasteiger partial charge in [0.15, 0.2) is 5.22 Å². The zero-order chi connectivity index (χ0) is 10.8. The molecule has 0 amide bonds. The fourth-order valence-electron chi connectivity index (χ4n) is 1.77. The molecule has 1 N–H and O–H groups in total. The molecule has 0 unspecified atom stereocenters. The predicted octanol–water partition coefficient (Wildman–Crippen LogP) is 1.63. The second-order valence-electron chi connectivity index (χ2n) is 3.70. The maximum atomic E-state index is 4.42. The number of nitrogens with zero attached hydrogens (tertiary/aromatic N) is 4. The van der Waals surface area contributed by atoms with E-state index in [4.69, 9.17) is 0 Å². The topological polar surface area (TPSA) is 52.1 Å². The Kier molecular flexibility index (Phi) is 2.59. The molecule has 1 saturated heterocycles. The molecular formula is C10H12N5S+. The van der Waals surface area contributed by atoms with E-state index in [-0.39, 0.29) is 0 Å². The van der Waals surface area contributed by atoms with E-state index in [2.05, 4.69) is 20.8 Å². The molecule has 1 aromatic rings. The maximum Gasteiger partial charge on any atom is 0.352 e. The van der Waals surface area contributed by atoms with Crippen LogP contribution in [-0.4, -0.2) is 29.4 Å². The largest absolute Gasteiger partial charge is 0.352 e. The van der Waals surface area contributed by atoms with E-state index in [9.17, 15) is 0 Å². The van der Waals surface area contributed by atoms with Crippen molar-refractivity contribution in [3.8, 4) is 0 Å². The molecule has 0 spiro atoms. The van der Waals surface area contributed by atoms with E-state index in [1.165, 1.54) is 5.71 Å². The van der Waals surface area contributed by atoms with Gasteiger partial charge in [-0.05, 0) is 21.3 Å². The summed E-state index contributed by atoms with van der Waals surface area (Å²) in [6.45, 7) is 2.01. The minimum atomic E-state index is 0.723. The Labute approximate surface area is 97.2 Å². The lowest BCUT2D eigenvalue weighted by Gasteiger charge is -2.10. The van der Waals surface area contributed by atoms with Crippen LogP contribution in [0, 0.1) is 0 Å². The molecule has 1 aromatic heterocycles. The van der Waals surface area contributed by atoms with Crippen LogP contribution < -0.4 is 5.32 Å². The van der Waals surface area contributed by atoms with Crippen molar-refractivity contribution in [3.05, 3.63) is 22.4 Å². The van der Waals surface area contributed by atoms with Gasteiger partial charge in [-0.25, -0.2) is 0 Å². The molecule has 0 bridgehead atoms. The van der Waals surface area contributed by atoms with Crippen molar-refractivity contribution >= 4 is 22.9 Å². The molecule has 82 valence electrons. The highest BCUT2D eigenvalue weighted by molar-refractivity contribution is 7.12. The number of hydrazone groups is 1. The molecule has 0 radical (unpaired) electrons. The van der Waals surface area contributed by atoms with Crippen molar-refractivity contribution in [3.63, 3.8) is 0 Å². The van der Waals surface area contributed by atoms with Crippen LogP contribution in [0.3, 0.4) is 0 Å². The molecule has 1 fully saturated rings. The van der Waals surface area contributed by atoms with Gasteiger partial charge >= 0.3 is 5.84 Å². The first-order valence-corrected chi connectivity index (χ1v) is 6.21. The summed E-state index contributed by atoms with van der Waals surface area (Å²) in [6.07, 6.45) is 2.00. The molecule has 5 nitrogen and oxygen atoms in total. The number of hydrogen-bond donors (Lipinski definition) is 1. The van der Waals surface area contributed by atoms with Gasteiger partial charge in [-0.1, -0.05) is 6.07 Å². The highest BCUT2D eigenvalue weighted by Gasteiger charge is 2.24. The first-order chi connectivity index (χ1) is 7.93. The lowest BCUT2D eigenvalue weighted by molar-refractivity contribution is -0.542. The van der Waals surface area contributed by atoms with E-state index in [1.807, 2.05) is 17.5 Å². The zero-order valence-electron chi connectivity index (χ0n) is 8.76. The number of rotatable bonds is 1. The number of hydrogen-bond acceptors (Lipinski definition) is 5. The van der Waals surface area contributed by atoms with Crippen molar-refractivity contribution in [1.29, 1.82) is 0 Å². The normalized spacial score (nSPS) is 20.4. The van der Waals surface area contributed by atoms with Crippen LogP contribution in [0.5, 0.6) is 0 Å². The molecule has 2 aliphatic heterocycles. The fraction of sp³-hybridized carbons (Fsp3) is 0.400. The van der Waals surface area contributed by atoms with Gasteiger partial charge in [-0.15, -0.1) is 11.3 Å². The molecule has 0 atom stereocenters.